The molecule has 0 saturated heterocycles. The molecule has 0 fully saturated rings. The van der Waals surface area contributed by atoms with E-state index in [0.717, 1.165) is 5.56 Å². The van der Waals surface area contributed by atoms with E-state index >= 15 is 0 Å². The van der Waals surface area contributed by atoms with E-state index < -0.39 is 6.61 Å². The quantitative estimate of drug-likeness (QED) is 0.693. The second kappa shape index (κ2) is 8.99. The van der Waals surface area contributed by atoms with E-state index in [9.17, 15) is 5.11 Å². The predicted octanol–water partition coefficient (Wildman–Crippen LogP) is 1.37. The Morgan fingerprint density at radius 3 is 2.36 bits per heavy atom. The second-order valence-corrected chi connectivity index (χ2v) is 6.04. The zero-order valence-corrected chi connectivity index (χ0v) is 17.4. The normalized spacial score (nSPS) is 10.2. The van der Waals surface area contributed by atoms with Crippen molar-refractivity contribution in [2.45, 2.75) is 13.5 Å². The van der Waals surface area contributed by atoms with Crippen molar-refractivity contribution in [1.82, 2.24) is 9.97 Å². The Balaban J connectivity index is 0.00000225. The van der Waals surface area contributed by atoms with Crippen LogP contribution in [0.25, 0.3) is 11.4 Å². The summed E-state index contributed by atoms with van der Waals surface area (Å²) in [7, 11) is 0. The molecule has 7 heteroatoms. The number of aromatic nitrogens is 2. The van der Waals surface area contributed by atoms with Crippen LogP contribution in [0, 0.1) is 6.92 Å². The number of hydrogen-bond donors (Lipinski definition) is 1. The Morgan fingerprint density at radius 2 is 1.72 bits per heavy atom. The molecule has 0 bridgehead atoms. The molecule has 0 unspecified atom stereocenters. The fourth-order valence-electron chi connectivity index (χ4n) is 2.30. The van der Waals surface area contributed by atoms with Crippen LogP contribution in [0.15, 0.2) is 48.5 Å². The molecule has 0 aliphatic carbocycles. The van der Waals surface area contributed by atoms with Gasteiger partial charge in [-0.25, -0.2) is 9.97 Å². The van der Waals surface area contributed by atoms with E-state index in [1.807, 2.05) is 30.3 Å². The first kappa shape index (κ1) is 20.2. The van der Waals surface area contributed by atoms with Gasteiger partial charge >= 0.3 is 29.6 Å². The predicted molar refractivity (Wildman–Crippen MR) is 95.7 cm³/mol. The molecule has 3 aromatic rings. The standard InChI is InChI=1S/C18H14Cl2N3O.Na/c1-11-14(10-24)18(22-13-7-8-15(19)16(20)9-13)23-17(21-11)12-5-3-2-4-6-12;/h2-9H,10H2,1H3,(H,21,22,23);/q-1;+1. The molecule has 0 aliphatic heterocycles. The SMILES string of the molecule is Cc1nc(-c2ccccc2)nc(Nc2ccc(Cl)c(Cl)c2)c1C[O-].[Na+]. The summed E-state index contributed by atoms with van der Waals surface area (Å²) >= 11 is 12.0. The number of hydrogen-bond acceptors (Lipinski definition) is 4. The van der Waals surface area contributed by atoms with Crippen LogP contribution in [-0.2, 0) is 6.61 Å². The Hall–Kier alpha value is -1.14. The fraction of sp³-hybridized carbons (Fsp3) is 0.111. The van der Waals surface area contributed by atoms with Crippen LogP contribution < -0.4 is 40.0 Å². The van der Waals surface area contributed by atoms with Gasteiger partial charge in [0.05, 0.1) is 10.0 Å². The number of benzene rings is 2. The zero-order chi connectivity index (χ0) is 17.1. The number of aryl methyl sites for hydroxylation is 1. The molecule has 122 valence electrons. The van der Waals surface area contributed by atoms with Crippen molar-refractivity contribution < 1.29 is 34.7 Å². The van der Waals surface area contributed by atoms with Crippen molar-refractivity contribution in [2.75, 3.05) is 5.32 Å². The third kappa shape index (κ3) is 4.73. The van der Waals surface area contributed by atoms with Crippen molar-refractivity contribution in [3.8, 4) is 11.4 Å². The molecule has 0 saturated carbocycles. The maximum absolute atomic E-state index is 11.6. The summed E-state index contributed by atoms with van der Waals surface area (Å²) in [5.74, 6) is 1.04. The van der Waals surface area contributed by atoms with E-state index in [1.165, 1.54) is 0 Å². The van der Waals surface area contributed by atoms with Crippen LogP contribution in [0.3, 0.4) is 0 Å². The van der Waals surface area contributed by atoms with Crippen LogP contribution in [0.4, 0.5) is 11.5 Å². The van der Waals surface area contributed by atoms with Crippen molar-refractivity contribution in [1.29, 1.82) is 0 Å². The molecule has 4 nitrogen and oxygen atoms in total. The Kier molecular flexibility index (Phi) is 7.25. The largest absolute Gasteiger partial charge is 1.00 e. The molecule has 0 atom stereocenters. The van der Waals surface area contributed by atoms with E-state index in [0.29, 0.717) is 38.6 Å². The van der Waals surface area contributed by atoms with Crippen LogP contribution in [0.2, 0.25) is 10.0 Å². The summed E-state index contributed by atoms with van der Waals surface area (Å²) in [5.41, 5.74) is 2.77. The molecule has 0 aliphatic rings. The Morgan fingerprint density at radius 1 is 1.00 bits per heavy atom. The van der Waals surface area contributed by atoms with Gasteiger partial charge in [0.1, 0.15) is 5.82 Å². The molecular weight excluding hydrogens is 368 g/mol. The monoisotopic (exact) mass is 381 g/mol. The van der Waals surface area contributed by atoms with Gasteiger partial charge in [0, 0.05) is 16.9 Å². The molecule has 0 spiro atoms. The molecule has 3 rings (SSSR count). The molecule has 25 heavy (non-hydrogen) atoms. The van der Waals surface area contributed by atoms with Crippen LogP contribution >= 0.6 is 23.2 Å². The Labute approximate surface area is 178 Å². The van der Waals surface area contributed by atoms with Crippen LogP contribution in [0.5, 0.6) is 0 Å². The zero-order valence-electron chi connectivity index (χ0n) is 13.9. The summed E-state index contributed by atoms with van der Waals surface area (Å²) in [6.45, 7) is 1.39. The third-order valence-electron chi connectivity index (χ3n) is 3.57. The number of halogens is 2. The smallest absolute Gasteiger partial charge is 0.851 e. The van der Waals surface area contributed by atoms with Crippen molar-refractivity contribution >= 4 is 34.7 Å². The molecule has 0 radical (unpaired) electrons. The van der Waals surface area contributed by atoms with Gasteiger partial charge in [-0.15, -0.1) is 6.61 Å². The Bertz CT molecular complexity index is 876. The first-order valence-corrected chi connectivity index (χ1v) is 8.07. The van der Waals surface area contributed by atoms with Gasteiger partial charge in [0.2, 0.25) is 0 Å². The second-order valence-electron chi connectivity index (χ2n) is 5.22. The van der Waals surface area contributed by atoms with Crippen LogP contribution in [-0.4, -0.2) is 9.97 Å². The van der Waals surface area contributed by atoms with Crippen molar-refractivity contribution in [2.24, 2.45) is 0 Å². The first-order chi connectivity index (χ1) is 11.6. The van der Waals surface area contributed by atoms with E-state index in [-0.39, 0.29) is 29.6 Å². The van der Waals surface area contributed by atoms with E-state index in [1.54, 1.807) is 25.1 Å². The minimum atomic E-state index is -0.412. The molecule has 0 amide bonds. The minimum Gasteiger partial charge on any atom is -0.851 e. The molecular formula is C18H14Cl2N3NaO. The first-order valence-electron chi connectivity index (χ1n) is 7.31. The maximum atomic E-state index is 11.6. The van der Waals surface area contributed by atoms with Crippen molar-refractivity contribution in [3.63, 3.8) is 0 Å². The third-order valence-corrected chi connectivity index (χ3v) is 4.31. The van der Waals surface area contributed by atoms with Gasteiger partial charge in [-0.1, -0.05) is 53.5 Å². The summed E-state index contributed by atoms with van der Waals surface area (Å²) in [4.78, 5) is 8.97. The number of rotatable bonds is 4. The summed E-state index contributed by atoms with van der Waals surface area (Å²) in [6.07, 6.45) is 0. The number of nitrogens with zero attached hydrogens (tertiary/aromatic N) is 2. The molecule has 1 aromatic heterocycles. The van der Waals surface area contributed by atoms with Gasteiger partial charge in [0.15, 0.2) is 5.82 Å². The number of anilines is 2. The average molecular weight is 382 g/mol. The van der Waals surface area contributed by atoms with Gasteiger partial charge < -0.3 is 10.4 Å². The van der Waals surface area contributed by atoms with E-state index in [4.69, 9.17) is 23.2 Å². The number of nitrogens with one attached hydrogen (secondary N) is 1. The molecule has 2 aromatic carbocycles. The molecule has 1 heterocycles. The maximum Gasteiger partial charge on any atom is 1.00 e. The van der Waals surface area contributed by atoms with E-state index in [2.05, 4.69) is 15.3 Å². The van der Waals surface area contributed by atoms with Gasteiger partial charge in [-0.3, -0.25) is 0 Å². The van der Waals surface area contributed by atoms with Gasteiger partial charge in [0.25, 0.3) is 0 Å². The average Bonchev–Trinajstić information content (AvgIpc) is 2.59. The summed E-state index contributed by atoms with van der Waals surface area (Å²) < 4.78 is 0. The topological polar surface area (TPSA) is 60.9 Å². The van der Waals surface area contributed by atoms with Crippen LogP contribution in [0.1, 0.15) is 11.3 Å². The van der Waals surface area contributed by atoms with Gasteiger partial charge in [-0.05, 0) is 30.7 Å². The van der Waals surface area contributed by atoms with Gasteiger partial charge in [-0.2, -0.15) is 0 Å². The van der Waals surface area contributed by atoms with Crippen molar-refractivity contribution in [3.05, 3.63) is 69.8 Å². The molecule has 1 N–H and O–H groups in total. The fourth-order valence-corrected chi connectivity index (χ4v) is 2.60. The minimum absolute atomic E-state index is 0. The summed E-state index contributed by atoms with van der Waals surface area (Å²) in [6, 6.07) is 14.8. The summed E-state index contributed by atoms with van der Waals surface area (Å²) in [5, 5.41) is 15.6.